The number of hydrogen-bond donors (Lipinski definition) is 0. The van der Waals surface area contributed by atoms with Crippen LogP contribution in [0.4, 0.5) is 0 Å². The fraction of sp³-hybridized carbons (Fsp3) is 0.125. The monoisotopic (exact) mass is 436 g/mol. The lowest BCUT2D eigenvalue weighted by molar-refractivity contribution is 0.174. The molecule has 0 saturated heterocycles. The fourth-order valence-electron chi connectivity index (χ4n) is 2.51. The van der Waals surface area contributed by atoms with E-state index in [1.54, 1.807) is 17.0 Å². The Kier molecular flexibility index (Phi) is 3.61. The van der Waals surface area contributed by atoms with E-state index in [1.807, 2.05) is 24.3 Å². The Balaban J connectivity index is 1.79. The summed E-state index contributed by atoms with van der Waals surface area (Å²) in [6.07, 6.45) is 1.57. The predicted octanol–water partition coefficient (Wildman–Crippen LogP) is 3.70. The number of fused-ring (bicyclic) bond motifs is 2. The lowest BCUT2D eigenvalue weighted by Gasteiger charge is -2.09. The smallest absolute Gasteiger partial charge is 0.261 e. The molecule has 116 valence electrons. The summed E-state index contributed by atoms with van der Waals surface area (Å²) in [4.78, 5) is 17.0. The molecule has 7 heteroatoms. The van der Waals surface area contributed by atoms with Gasteiger partial charge in [0.15, 0.2) is 11.5 Å². The van der Waals surface area contributed by atoms with Crippen molar-refractivity contribution in [2.75, 3.05) is 6.79 Å². The highest BCUT2D eigenvalue weighted by Crippen LogP contribution is 2.37. The third-order valence-electron chi connectivity index (χ3n) is 3.67. The minimum absolute atomic E-state index is 0.0825. The first-order valence-corrected chi connectivity index (χ1v) is 8.43. The average Bonchev–Trinajstić information content (AvgIpc) is 2.98. The molecule has 0 radical (unpaired) electrons. The van der Waals surface area contributed by atoms with Crippen molar-refractivity contribution in [2.45, 2.75) is 6.54 Å². The molecule has 0 amide bonds. The molecule has 0 N–H and O–H groups in total. The maximum Gasteiger partial charge on any atom is 0.261 e. The average molecular weight is 438 g/mol. The molecule has 0 unspecified atom stereocenters. The summed E-state index contributed by atoms with van der Waals surface area (Å²) in [7, 11) is 0. The molecular formula is C16H10Br2N2O3. The van der Waals surface area contributed by atoms with Crippen molar-refractivity contribution < 1.29 is 9.47 Å². The van der Waals surface area contributed by atoms with Crippen molar-refractivity contribution in [3.63, 3.8) is 0 Å². The number of halogens is 2. The molecule has 0 aliphatic carbocycles. The van der Waals surface area contributed by atoms with Crippen LogP contribution < -0.4 is 15.0 Å². The molecule has 3 aromatic rings. The number of hydrogen-bond acceptors (Lipinski definition) is 4. The van der Waals surface area contributed by atoms with E-state index >= 15 is 0 Å². The van der Waals surface area contributed by atoms with Crippen LogP contribution >= 0.6 is 31.9 Å². The van der Waals surface area contributed by atoms with Gasteiger partial charge in [-0.2, -0.15) is 0 Å². The topological polar surface area (TPSA) is 53.4 Å². The summed E-state index contributed by atoms with van der Waals surface area (Å²) >= 11 is 6.90. The quantitative estimate of drug-likeness (QED) is 0.613. The Hall–Kier alpha value is -1.86. The van der Waals surface area contributed by atoms with Crippen LogP contribution in [-0.4, -0.2) is 16.3 Å². The van der Waals surface area contributed by atoms with Gasteiger partial charge in [-0.3, -0.25) is 9.36 Å². The van der Waals surface area contributed by atoms with Gasteiger partial charge in [0.25, 0.3) is 5.56 Å². The first-order valence-electron chi connectivity index (χ1n) is 6.84. The molecule has 23 heavy (non-hydrogen) atoms. The van der Waals surface area contributed by atoms with Crippen molar-refractivity contribution in [1.82, 2.24) is 9.55 Å². The van der Waals surface area contributed by atoms with Crippen LogP contribution in [0.15, 0.2) is 50.4 Å². The van der Waals surface area contributed by atoms with Gasteiger partial charge < -0.3 is 9.47 Å². The van der Waals surface area contributed by atoms with Gasteiger partial charge in [-0.15, -0.1) is 0 Å². The third-order valence-corrected chi connectivity index (χ3v) is 4.90. The fourth-order valence-corrected chi connectivity index (χ4v) is 3.32. The molecule has 1 aromatic heterocycles. The van der Waals surface area contributed by atoms with Gasteiger partial charge in [0, 0.05) is 8.95 Å². The Morgan fingerprint density at radius 3 is 2.74 bits per heavy atom. The maximum absolute atomic E-state index is 12.7. The number of aromatic nitrogens is 2. The lowest BCUT2D eigenvalue weighted by Crippen LogP contribution is -2.21. The largest absolute Gasteiger partial charge is 0.454 e. The molecule has 5 nitrogen and oxygen atoms in total. The zero-order valence-corrected chi connectivity index (χ0v) is 14.9. The Morgan fingerprint density at radius 2 is 1.91 bits per heavy atom. The van der Waals surface area contributed by atoms with Crippen molar-refractivity contribution in [1.29, 1.82) is 0 Å². The zero-order chi connectivity index (χ0) is 16.0. The molecule has 0 saturated carbocycles. The molecule has 0 spiro atoms. The van der Waals surface area contributed by atoms with Crippen molar-refractivity contribution in [3.05, 3.63) is 61.5 Å². The predicted molar refractivity (Wildman–Crippen MR) is 93.1 cm³/mol. The molecular weight excluding hydrogens is 428 g/mol. The summed E-state index contributed by atoms with van der Waals surface area (Å²) in [5.41, 5.74) is 1.52. The highest BCUT2D eigenvalue weighted by atomic mass is 79.9. The van der Waals surface area contributed by atoms with E-state index in [0.717, 1.165) is 14.5 Å². The molecule has 2 aromatic carbocycles. The standard InChI is InChI=1S/C16H10Br2N2O3/c17-10-1-2-13-11(4-10)16(21)20(7-19-13)6-9-3-14-15(5-12(9)18)23-8-22-14/h1-5,7H,6,8H2. The second-order valence-electron chi connectivity index (χ2n) is 5.14. The molecule has 0 atom stereocenters. The highest BCUT2D eigenvalue weighted by Gasteiger charge is 2.17. The van der Waals surface area contributed by atoms with Gasteiger partial charge in [0.2, 0.25) is 6.79 Å². The zero-order valence-electron chi connectivity index (χ0n) is 11.8. The molecule has 4 rings (SSSR count). The van der Waals surface area contributed by atoms with E-state index in [-0.39, 0.29) is 12.4 Å². The van der Waals surface area contributed by atoms with E-state index in [4.69, 9.17) is 9.47 Å². The van der Waals surface area contributed by atoms with Crippen molar-refractivity contribution in [3.8, 4) is 11.5 Å². The second-order valence-corrected chi connectivity index (χ2v) is 6.91. The summed E-state index contributed by atoms with van der Waals surface area (Å²) in [5.74, 6) is 1.39. The minimum Gasteiger partial charge on any atom is -0.454 e. The lowest BCUT2D eigenvalue weighted by atomic mass is 10.2. The van der Waals surface area contributed by atoms with Crippen LogP contribution in [0.5, 0.6) is 11.5 Å². The Bertz CT molecular complexity index is 985. The van der Waals surface area contributed by atoms with E-state index in [9.17, 15) is 4.79 Å². The number of benzene rings is 2. The van der Waals surface area contributed by atoms with Crippen LogP contribution in [0.2, 0.25) is 0 Å². The first-order chi connectivity index (χ1) is 11.1. The molecule has 0 fully saturated rings. The summed E-state index contributed by atoms with van der Waals surface area (Å²) in [5, 5.41) is 0.582. The van der Waals surface area contributed by atoms with Crippen LogP contribution in [0, 0.1) is 0 Å². The maximum atomic E-state index is 12.7. The second kappa shape index (κ2) is 5.65. The van der Waals surface area contributed by atoms with E-state index in [1.165, 1.54) is 0 Å². The number of nitrogens with zero attached hydrogens (tertiary/aromatic N) is 2. The highest BCUT2D eigenvalue weighted by molar-refractivity contribution is 9.10. The molecule has 1 aliphatic heterocycles. The summed E-state index contributed by atoms with van der Waals surface area (Å²) in [6, 6.07) is 9.21. The molecule has 2 heterocycles. The van der Waals surface area contributed by atoms with Gasteiger partial charge in [0.05, 0.1) is 23.8 Å². The summed E-state index contributed by atoms with van der Waals surface area (Å²) in [6.45, 7) is 0.613. The molecule has 1 aliphatic rings. The van der Waals surface area contributed by atoms with Gasteiger partial charge in [0.1, 0.15) is 0 Å². The molecule has 0 bridgehead atoms. The van der Waals surface area contributed by atoms with Crippen molar-refractivity contribution in [2.24, 2.45) is 0 Å². The third kappa shape index (κ3) is 2.64. The van der Waals surface area contributed by atoms with Crippen molar-refractivity contribution >= 4 is 42.8 Å². The number of rotatable bonds is 2. The van der Waals surface area contributed by atoms with Gasteiger partial charge >= 0.3 is 0 Å². The van der Waals surface area contributed by atoms with Gasteiger partial charge in [-0.05, 0) is 35.9 Å². The summed E-state index contributed by atoms with van der Waals surface area (Å²) < 4.78 is 14.0. The van der Waals surface area contributed by atoms with Crippen LogP contribution in [0.1, 0.15) is 5.56 Å². The minimum atomic E-state index is -0.0825. The number of ether oxygens (including phenoxy) is 2. The Morgan fingerprint density at radius 1 is 1.13 bits per heavy atom. The van der Waals surface area contributed by atoms with Crippen LogP contribution in [-0.2, 0) is 6.54 Å². The van der Waals surface area contributed by atoms with Crippen LogP contribution in [0.25, 0.3) is 10.9 Å². The van der Waals surface area contributed by atoms with E-state index < -0.39 is 0 Å². The van der Waals surface area contributed by atoms with E-state index in [0.29, 0.717) is 28.9 Å². The van der Waals surface area contributed by atoms with Crippen LogP contribution in [0.3, 0.4) is 0 Å². The van der Waals surface area contributed by atoms with Gasteiger partial charge in [-0.1, -0.05) is 31.9 Å². The van der Waals surface area contributed by atoms with Gasteiger partial charge in [-0.25, -0.2) is 4.98 Å². The SMILES string of the molecule is O=c1c2cc(Br)ccc2ncn1Cc1cc2c(cc1Br)OCO2. The normalized spacial score (nSPS) is 12.8. The first kappa shape index (κ1) is 14.7. The van der Waals surface area contributed by atoms with E-state index in [2.05, 4.69) is 36.8 Å². The Labute approximate surface area is 148 Å².